The van der Waals surface area contributed by atoms with Gasteiger partial charge < -0.3 is 19.3 Å². The third-order valence-electron chi connectivity index (χ3n) is 6.85. The van der Waals surface area contributed by atoms with Crippen LogP contribution in [0.5, 0.6) is 11.5 Å². The van der Waals surface area contributed by atoms with Gasteiger partial charge in [-0.3, -0.25) is 4.68 Å². The average Bonchev–Trinajstić information content (AvgIpc) is 3.42. The number of para-hydroxylation sites is 1. The quantitative estimate of drug-likeness (QED) is 0.336. The third kappa shape index (κ3) is 6.28. The molecule has 2 fully saturated rings. The van der Waals surface area contributed by atoms with Crippen molar-refractivity contribution in [3.63, 3.8) is 0 Å². The molecule has 2 saturated heterocycles. The van der Waals surface area contributed by atoms with Crippen LogP contribution < -0.4 is 14.5 Å². The number of anilines is 2. The van der Waals surface area contributed by atoms with Crippen molar-refractivity contribution in [2.24, 2.45) is 0 Å². The first-order chi connectivity index (χ1) is 19.2. The maximum Gasteiger partial charge on any atom is 0.228 e. The molecule has 2 aliphatic heterocycles. The molecule has 4 aromatic rings. The molecule has 39 heavy (non-hydrogen) atoms. The van der Waals surface area contributed by atoms with Crippen molar-refractivity contribution in [2.75, 3.05) is 42.6 Å². The van der Waals surface area contributed by atoms with E-state index < -0.39 is 5.82 Å². The number of ether oxygens (including phenoxy) is 2. The Balaban J connectivity index is 1.02. The lowest BCUT2D eigenvalue weighted by Crippen LogP contribution is -2.47. The molecule has 0 unspecified atom stereocenters. The van der Waals surface area contributed by atoms with Gasteiger partial charge in [-0.15, -0.1) is 0 Å². The Labute approximate surface area is 225 Å². The minimum atomic E-state index is -0.431. The normalized spacial score (nSPS) is 17.8. The number of hydrogen-bond donors (Lipinski definition) is 0. The van der Waals surface area contributed by atoms with Crippen LogP contribution in [-0.4, -0.2) is 73.6 Å². The lowest BCUT2D eigenvalue weighted by atomic mass is 10.1. The summed E-state index contributed by atoms with van der Waals surface area (Å²) in [5.74, 6) is 2.07. The van der Waals surface area contributed by atoms with Crippen LogP contribution in [0.2, 0.25) is 0 Å². The van der Waals surface area contributed by atoms with E-state index in [1.54, 1.807) is 36.9 Å². The summed E-state index contributed by atoms with van der Waals surface area (Å²) in [5, 5.41) is 4.50. The molecule has 0 saturated carbocycles. The molecule has 5 heterocycles. The molecule has 3 aromatic heterocycles. The standard InChI is InChI=1S/C27H30FN9O2/c28-23-6-1-2-7-24(23)39-22-15-29-26(30-16-22)35-8-10-36(11-9-35)27-32-19-31-25(34-27)13-20-14-33-37(17-20)18-21-5-3-4-12-38-21/h1-2,6-7,14-17,19,21H,3-5,8-13,18H2/t21-/m0/s1. The van der Waals surface area contributed by atoms with Crippen molar-refractivity contribution >= 4 is 11.9 Å². The van der Waals surface area contributed by atoms with E-state index >= 15 is 0 Å². The van der Waals surface area contributed by atoms with E-state index in [2.05, 4.69) is 34.8 Å². The Hall–Kier alpha value is -4.19. The van der Waals surface area contributed by atoms with E-state index in [0.717, 1.165) is 44.6 Å². The van der Waals surface area contributed by atoms with E-state index in [9.17, 15) is 4.39 Å². The summed E-state index contributed by atoms with van der Waals surface area (Å²) < 4.78 is 27.2. The summed E-state index contributed by atoms with van der Waals surface area (Å²) >= 11 is 0. The summed E-state index contributed by atoms with van der Waals surface area (Å²) in [6, 6.07) is 6.24. The molecule has 202 valence electrons. The van der Waals surface area contributed by atoms with Crippen LogP contribution in [-0.2, 0) is 17.7 Å². The summed E-state index contributed by atoms with van der Waals surface area (Å²) in [7, 11) is 0. The second kappa shape index (κ2) is 11.7. The second-order valence-corrected chi connectivity index (χ2v) is 9.66. The first-order valence-electron chi connectivity index (χ1n) is 13.2. The summed E-state index contributed by atoms with van der Waals surface area (Å²) in [6.45, 7) is 4.48. The minimum Gasteiger partial charge on any atom is -0.451 e. The van der Waals surface area contributed by atoms with Crippen LogP contribution in [0.4, 0.5) is 16.3 Å². The Morgan fingerprint density at radius 1 is 0.923 bits per heavy atom. The van der Waals surface area contributed by atoms with Gasteiger partial charge in [-0.05, 0) is 37.0 Å². The number of benzene rings is 1. The molecular weight excluding hydrogens is 501 g/mol. The van der Waals surface area contributed by atoms with E-state index in [-0.39, 0.29) is 11.9 Å². The molecular formula is C27H30FN9O2. The van der Waals surface area contributed by atoms with Crippen molar-refractivity contribution in [2.45, 2.75) is 38.3 Å². The van der Waals surface area contributed by atoms with Gasteiger partial charge >= 0.3 is 0 Å². The van der Waals surface area contributed by atoms with Crippen LogP contribution in [0.1, 0.15) is 30.7 Å². The number of aromatic nitrogens is 7. The molecule has 0 bridgehead atoms. The predicted molar refractivity (Wildman–Crippen MR) is 141 cm³/mol. The molecule has 0 radical (unpaired) electrons. The first kappa shape index (κ1) is 25.1. The SMILES string of the molecule is Fc1ccccc1Oc1cnc(N2CCN(c3ncnc(Cc4cnn(C[C@@H]5CCCCO5)c4)n3)CC2)nc1. The number of rotatable bonds is 8. The molecule has 1 atom stereocenters. The van der Waals surface area contributed by atoms with E-state index in [1.165, 1.54) is 12.5 Å². The molecule has 11 nitrogen and oxygen atoms in total. The highest BCUT2D eigenvalue weighted by atomic mass is 19.1. The van der Waals surface area contributed by atoms with Crippen molar-refractivity contribution in [3.8, 4) is 11.5 Å². The van der Waals surface area contributed by atoms with E-state index in [1.807, 2.05) is 17.1 Å². The van der Waals surface area contributed by atoms with Crippen LogP contribution in [0.3, 0.4) is 0 Å². The van der Waals surface area contributed by atoms with Crippen molar-refractivity contribution < 1.29 is 13.9 Å². The van der Waals surface area contributed by atoms with E-state index in [0.29, 0.717) is 43.0 Å². The molecule has 0 spiro atoms. The van der Waals surface area contributed by atoms with Gasteiger partial charge in [0.05, 0.1) is 31.2 Å². The zero-order chi connectivity index (χ0) is 26.4. The van der Waals surface area contributed by atoms with E-state index in [4.69, 9.17) is 14.5 Å². The summed E-state index contributed by atoms with van der Waals surface area (Å²) in [4.78, 5) is 26.6. The zero-order valence-electron chi connectivity index (χ0n) is 21.6. The summed E-state index contributed by atoms with van der Waals surface area (Å²) in [5.41, 5.74) is 1.06. The highest BCUT2D eigenvalue weighted by Gasteiger charge is 2.22. The lowest BCUT2D eigenvalue weighted by molar-refractivity contribution is 0.00398. The maximum absolute atomic E-state index is 13.8. The molecule has 1 aromatic carbocycles. The van der Waals surface area contributed by atoms with Gasteiger partial charge in [0, 0.05) is 45.4 Å². The number of piperazine rings is 1. The fourth-order valence-corrected chi connectivity index (χ4v) is 4.78. The molecule has 0 aliphatic carbocycles. The minimum absolute atomic E-state index is 0.141. The van der Waals surface area contributed by atoms with Gasteiger partial charge in [-0.2, -0.15) is 10.1 Å². The lowest BCUT2D eigenvalue weighted by Gasteiger charge is -2.34. The molecule has 2 aliphatic rings. The third-order valence-corrected chi connectivity index (χ3v) is 6.85. The van der Waals surface area contributed by atoms with Crippen LogP contribution in [0, 0.1) is 5.82 Å². The van der Waals surface area contributed by atoms with Crippen LogP contribution >= 0.6 is 0 Å². The Morgan fingerprint density at radius 3 is 2.49 bits per heavy atom. The van der Waals surface area contributed by atoms with Crippen molar-refractivity contribution in [3.05, 3.63) is 72.6 Å². The number of nitrogens with zero attached hydrogens (tertiary/aromatic N) is 9. The maximum atomic E-state index is 13.8. The van der Waals surface area contributed by atoms with Gasteiger partial charge in [-0.25, -0.2) is 24.3 Å². The van der Waals surface area contributed by atoms with Gasteiger partial charge in [0.15, 0.2) is 17.3 Å². The fraction of sp³-hybridized carbons (Fsp3) is 0.407. The second-order valence-electron chi connectivity index (χ2n) is 9.66. The highest BCUT2D eigenvalue weighted by molar-refractivity contribution is 5.39. The van der Waals surface area contributed by atoms with Gasteiger partial charge in [0.1, 0.15) is 12.2 Å². The average molecular weight is 532 g/mol. The number of halogens is 1. The van der Waals surface area contributed by atoms with Crippen molar-refractivity contribution in [1.82, 2.24) is 34.7 Å². The smallest absolute Gasteiger partial charge is 0.228 e. The van der Waals surface area contributed by atoms with Gasteiger partial charge in [-0.1, -0.05) is 12.1 Å². The molecule has 6 rings (SSSR count). The monoisotopic (exact) mass is 531 g/mol. The first-order valence-corrected chi connectivity index (χ1v) is 13.2. The fourth-order valence-electron chi connectivity index (χ4n) is 4.78. The predicted octanol–water partition coefficient (Wildman–Crippen LogP) is 3.28. The van der Waals surface area contributed by atoms with Crippen molar-refractivity contribution in [1.29, 1.82) is 0 Å². The van der Waals surface area contributed by atoms with Crippen LogP contribution in [0.15, 0.2) is 55.4 Å². The van der Waals surface area contributed by atoms with Crippen LogP contribution in [0.25, 0.3) is 0 Å². The highest BCUT2D eigenvalue weighted by Crippen LogP contribution is 2.24. The number of hydrogen-bond acceptors (Lipinski definition) is 10. The Bertz CT molecular complexity index is 1370. The Morgan fingerprint density at radius 2 is 1.72 bits per heavy atom. The molecule has 12 heteroatoms. The van der Waals surface area contributed by atoms with Gasteiger partial charge in [0.2, 0.25) is 11.9 Å². The summed E-state index contributed by atoms with van der Waals surface area (Å²) in [6.07, 6.45) is 12.9. The topological polar surface area (TPSA) is 107 Å². The zero-order valence-corrected chi connectivity index (χ0v) is 21.6. The molecule has 0 amide bonds. The van der Waals surface area contributed by atoms with Gasteiger partial charge in [0.25, 0.3) is 0 Å². The largest absolute Gasteiger partial charge is 0.451 e. The Kier molecular flexibility index (Phi) is 7.52. The molecule has 0 N–H and O–H groups in total.